The van der Waals surface area contributed by atoms with E-state index in [0.29, 0.717) is 5.92 Å². The van der Waals surface area contributed by atoms with Crippen LogP contribution in [0, 0.1) is 11.8 Å². The average Bonchev–Trinajstić information content (AvgIpc) is 3.28. The van der Waals surface area contributed by atoms with Crippen molar-refractivity contribution in [3.8, 4) is 0 Å². The van der Waals surface area contributed by atoms with Gasteiger partial charge in [-0.15, -0.1) is 0 Å². The quantitative estimate of drug-likeness (QED) is 0.252. The first kappa shape index (κ1) is 22.0. The maximum Gasteiger partial charge on any atom is 0.331 e. The van der Waals surface area contributed by atoms with Crippen LogP contribution in [0.15, 0.2) is 23.8 Å². The molecule has 1 fully saturated rings. The van der Waals surface area contributed by atoms with Gasteiger partial charge in [0.25, 0.3) is 0 Å². The van der Waals surface area contributed by atoms with Crippen LogP contribution >= 0.6 is 0 Å². The maximum absolute atomic E-state index is 11.6. The highest BCUT2D eigenvalue weighted by Gasteiger charge is 2.26. The van der Waals surface area contributed by atoms with E-state index in [-0.39, 0.29) is 17.7 Å². The molecule has 25 heavy (non-hydrogen) atoms. The summed E-state index contributed by atoms with van der Waals surface area (Å²) in [5.41, 5.74) is 0.946. The molecule has 0 aromatic rings. The topological polar surface area (TPSA) is 35.5 Å². The molecule has 0 aromatic carbocycles. The fraction of sp³-hybridized carbons (Fsp3) is 0.773. The van der Waals surface area contributed by atoms with Gasteiger partial charge in [0.05, 0.1) is 18.3 Å². The Morgan fingerprint density at radius 1 is 1.24 bits per heavy atom. The van der Waals surface area contributed by atoms with E-state index in [2.05, 4.69) is 26.8 Å². The monoisotopic (exact) mass is 350 g/mol. The lowest BCUT2D eigenvalue weighted by Crippen LogP contribution is -2.25. The first-order valence-corrected chi connectivity index (χ1v) is 9.87. The molecule has 1 atom stereocenters. The second-order valence-corrected chi connectivity index (χ2v) is 8.52. The van der Waals surface area contributed by atoms with Crippen LogP contribution in [0.4, 0.5) is 0 Å². The van der Waals surface area contributed by atoms with Gasteiger partial charge >= 0.3 is 5.97 Å². The van der Waals surface area contributed by atoms with Crippen LogP contribution in [0.25, 0.3) is 0 Å². The molecular weight excluding hydrogens is 312 g/mol. The Bertz CT molecular complexity index is 456. The van der Waals surface area contributed by atoms with Crippen LogP contribution in [0.5, 0.6) is 0 Å². The van der Waals surface area contributed by atoms with Gasteiger partial charge in [0.2, 0.25) is 0 Å². The number of hydrogen-bond acceptors (Lipinski definition) is 3. The molecule has 0 radical (unpaired) electrons. The number of allylic oxidation sites excluding steroid dienone is 3. The Morgan fingerprint density at radius 3 is 2.52 bits per heavy atom. The van der Waals surface area contributed by atoms with Gasteiger partial charge in [0.1, 0.15) is 0 Å². The van der Waals surface area contributed by atoms with Crippen molar-refractivity contribution >= 4 is 5.97 Å². The second-order valence-electron chi connectivity index (χ2n) is 8.52. The minimum absolute atomic E-state index is 0.00819. The first-order valence-electron chi connectivity index (χ1n) is 9.87. The minimum atomic E-state index is -0.265. The minimum Gasteiger partial charge on any atom is -0.460 e. The van der Waals surface area contributed by atoms with Crippen LogP contribution < -0.4 is 0 Å². The van der Waals surface area contributed by atoms with Crippen molar-refractivity contribution in [1.29, 1.82) is 0 Å². The first-order chi connectivity index (χ1) is 11.7. The van der Waals surface area contributed by atoms with E-state index in [0.717, 1.165) is 30.9 Å². The number of ether oxygens (including phenoxy) is 2. The van der Waals surface area contributed by atoms with Crippen molar-refractivity contribution in [1.82, 2.24) is 0 Å². The Hall–Kier alpha value is -1.09. The predicted molar refractivity (Wildman–Crippen MR) is 105 cm³/mol. The summed E-state index contributed by atoms with van der Waals surface area (Å²) in [5.74, 6) is 1.21. The molecule has 0 N–H and O–H groups in total. The van der Waals surface area contributed by atoms with Gasteiger partial charge in [-0.1, -0.05) is 31.9 Å². The molecule has 0 bridgehead atoms. The molecule has 1 rings (SSSR count). The third-order valence-electron chi connectivity index (χ3n) is 4.50. The Balaban J connectivity index is 2.19. The third kappa shape index (κ3) is 12.0. The average molecular weight is 351 g/mol. The third-order valence-corrected chi connectivity index (χ3v) is 4.50. The Kier molecular flexibility index (Phi) is 9.48. The smallest absolute Gasteiger partial charge is 0.331 e. The van der Waals surface area contributed by atoms with Crippen LogP contribution in [0.2, 0.25) is 0 Å². The van der Waals surface area contributed by atoms with Gasteiger partial charge in [-0.3, -0.25) is 0 Å². The van der Waals surface area contributed by atoms with Crippen molar-refractivity contribution in [3.05, 3.63) is 23.8 Å². The molecule has 3 nitrogen and oxygen atoms in total. The largest absolute Gasteiger partial charge is 0.460 e. The molecule has 0 heterocycles. The molecule has 0 aliphatic heterocycles. The summed E-state index contributed by atoms with van der Waals surface area (Å²) in [6, 6.07) is 0. The predicted octanol–water partition coefficient (Wildman–Crippen LogP) is 5.84. The molecule has 1 saturated carbocycles. The zero-order valence-corrected chi connectivity index (χ0v) is 17.1. The van der Waals surface area contributed by atoms with E-state index in [1.165, 1.54) is 25.7 Å². The molecule has 144 valence electrons. The SMILES string of the molecule is CC(/C=C/CC(C)CCCC(C)(C)OCC1CC1)=C\C(=O)OC(C)C. The van der Waals surface area contributed by atoms with Crippen LogP contribution in [-0.4, -0.2) is 24.3 Å². The Morgan fingerprint density at radius 2 is 1.92 bits per heavy atom. The van der Waals surface area contributed by atoms with Gasteiger partial charge in [-0.05, 0) is 77.7 Å². The molecule has 3 heteroatoms. The molecule has 1 unspecified atom stereocenters. The molecule has 0 aromatic heterocycles. The van der Waals surface area contributed by atoms with Crippen LogP contribution in [0.1, 0.15) is 80.1 Å². The van der Waals surface area contributed by atoms with Gasteiger partial charge in [0, 0.05) is 6.08 Å². The van der Waals surface area contributed by atoms with E-state index in [4.69, 9.17) is 9.47 Å². The van der Waals surface area contributed by atoms with Gasteiger partial charge in [-0.2, -0.15) is 0 Å². The zero-order valence-electron chi connectivity index (χ0n) is 17.1. The number of esters is 1. The molecule has 1 aliphatic carbocycles. The highest BCUT2D eigenvalue weighted by molar-refractivity contribution is 5.83. The summed E-state index contributed by atoms with van der Waals surface area (Å²) in [6.07, 6.45) is 12.9. The van der Waals surface area contributed by atoms with Crippen molar-refractivity contribution in [2.75, 3.05) is 6.61 Å². The lowest BCUT2D eigenvalue weighted by Gasteiger charge is -2.26. The fourth-order valence-electron chi connectivity index (χ4n) is 2.68. The lowest BCUT2D eigenvalue weighted by atomic mass is 9.94. The van der Waals surface area contributed by atoms with Crippen molar-refractivity contribution in [3.63, 3.8) is 0 Å². The molecule has 0 saturated heterocycles. The van der Waals surface area contributed by atoms with Crippen LogP contribution in [-0.2, 0) is 14.3 Å². The number of carbonyl (C=O) groups is 1. The highest BCUT2D eigenvalue weighted by Crippen LogP contribution is 2.31. The van der Waals surface area contributed by atoms with E-state index in [1.807, 2.05) is 26.8 Å². The van der Waals surface area contributed by atoms with Crippen LogP contribution in [0.3, 0.4) is 0 Å². The Labute approximate surface area is 154 Å². The van der Waals surface area contributed by atoms with Crippen molar-refractivity contribution in [2.45, 2.75) is 91.8 Å². The van der Waals surface area contributed by atoms with Gasteiger partial charge < -0.3 is 9.47 Å². The highest BCUT2D eigenvalue weighted by atomic mass is 16.5. The van der Waals surface area contributed by atoms with Gasteiger partial charge in [0.15, 0.2) is 0 Å². The lowest BCUT2D eigenvalue weighted by molar-refractivity contribution is -0.141. The molecule has 1 aliphatic rings. The fourth-order valence-corrected chi connectivity index (χ4v) is 2.68. The van der Waals surface area contributed by atoms with E-state index >= 15 is 0 Å². The maximum atomic E-state index is 11.6. The van der Waals surface area contributed by atoms with Crippen molar-refractivity contribution in [2.24, 2.45) is 11.8 Å². The number of carbonyl (C=O) groups excluding carboxylic acids is 1. The number of rotatable bonds is 12. The standard InChI is InChI=1S/C22H38O3/c1-17(2)25-21(23)15-19(4)10-7-9-18(3)11-8-14-22(5,6)24-16-20-12-13-20/h7,10,15,17-18,20H,8-9,11-14,16H2,1-6H3/b10-7+,19-15+. The summed E-state index contributed by atoms with van der Waals surface area (Å²) in [4.78, 5) is 11.6. The normalized spacial score (nSPS) is 17.3. The van der Waals surface area contributed by atoms with Gasteiger partial charge in [-0.25, -0.2) is 4.79 Å². The zero-order chi connectivity index (χ0) is 18.9. The number of hydrogen-bond donors (Lipinski definition) is 0. The molecule has 0 amide bonds. The summed E-state index contributed by atoms with van der Waals surface area (Å²) >= 11 is 0. The van der Waals surface area contributed by atoms with Crippen molar-refractivity contribution < 1.29 is 14.3 Å². The molecular formula is C22H38O3. The molecule has 0 spiro atoms. The van der Waals surface area contributed by atoms with E-state index < -0.39 is 0 Å². The van der Waals surface area contributed by atoms with E-state index in [9.17, 15) is 4.79 Å². The summed E-state index contributed by atoms with van der Waals surface area (Å²) < 4.78 is 11.2. The second kappa shape index (κ2) is 10.8. The van der Waals surface area contributed by atoms with E-state index in [1.54, 1.807) is 6.08 Å². The summed E-state index contributed by atoms with van der Waals surface area (Å²) in [7, 11) is 0. The summed E-state index contributed by atoms with van der Waals surface area (Å²) in [5, 5.41) is 0. The summed E-state index contributed by atoms with van der Waals surface area (Å²) in [6.45, 7) is 13.3.